The van der Waals surface area contributed by atoms with E-state index >= 15 is 0 Å². The van der Waals surface area contributed by atoms with E-state index in [-0.39, 0.29) is 11.3 Å². The van der Waals surface area contributed by atoms with E-state index in [1.165, 1.54) is 0 Å². The molecule has 182 valence electrons. The topological polar surface area (TPSA) is 96.5 Å². The lowest BCUT2D eigenvalue weighted by molar-refractivity contribution is -0.128. The molecule has 0 spiro atoms. The molecule has 3 N–H and O–H groups in total. The second-order valence-corrected chi connectivity index (χ2v) is 9.32. The predicted molar refractivity (Wildman–Crippen MR) is 136 cm³/mol. The summed E-state index contributed by atoms with van der Waals surface area (Å²) in [6, 6.07) is 21.2. The molecule has 1 unspecified atom stereocenters. The average Bonchev–Trinajstić information content (AvgIpc) is 2.82. The highest BCUT2D eigenvalue weighted by atomic mass is 16.5. The number of benzene rings is 3. The Bertz CT molecular complexity index is 1200. The molecule has 0 saturated carbocycles. The fraction of sp³-hybridized carbons (Fsp3) is 0.250. The second-order valence-electron chi connectivity index (χ2n) is 9.32. The molecule has 0 heterocycles. The summed E-state index contributed by atoms with van der Waals surface area (Å²) in [6.07, 6.45) is -0.810. The van der Waals surface area contributed by atoms with Gasteiger partial charge in [0, 0.05) is 16.8 Å². The molecule has 0 fully saturated rings. The fourth-order valence-corrected chi connectivity index (χ4v) is 3.31. The summed E-state index contributed by atoms with van der Waals surface area (Å²) >= 11 is 0. The Labute approximate surface area is 205 Å². The largest absolute Gasteiger partial charge is 0.481 e. The Morgan fingerprint density at radius 2 is 1.43 bits per heavy atom. The molecule has 0 aliphatic heterocycles. The molecule has 0 saturated heterocycles. The minimum Gasteiger partial charge on any atom is -0.481 e. The number of ether oxygens (including phenoxy) is 1. The zero-order chi connectivity index (χ0) is 25.6. The average molecular weight is 474 g/mol. The highest BCUT2D eigenvalue weighted by Gasteiger charge is 2.18. The van der Waals surface area contributed by atoms with Gasteiger partial charge in [-0.3, -0.25) is 25.2 Å². The maximum Gasteiger partial charge on any atom is 0.279 e. The molecule has 7 nitrogen and oxygen atoms in total. The van der Waals surface area contributed by atoms with Crippen molar-refractivity contribution in [3.05, 3.63) is 95.1 Å². The quantitative estimate of drug-likeness (QED) is 0.449. The highest BCUT2D eigenvalue weighted by molar-refractivity contribution is 6.05. The summed E-state index contributed by atoms with van der Waals surface area (Å²) in [5, 5.41) is 2.81. The lowest BCUT2D eigenvalue weighted by Gasteiger charge is -2.20. The molecular formula is C28H31N3O4. The van der Waals surface area contributed by atoms with Gasteiger partial charge in [0.2, 0.25) is 0 Å². The summed E-state index contributed by atoms with van der Waals surface area (Å²) in [5.41, 5.74) is 8.28. The first-order valence-corrected chi connectivity index (χ1v) is 11.4. The first-order chi connectivity index (χ1) is 16.5. The van der Waals surface area contributed by atoms with E-state index in [1.807, 2.05) is 43.3 Å². The third-order valence-corrected chi connectivity index (χ3v) is 5.50. The first kappa shape index (κ1) is 25.5. The minimum absolute atomic E-state index is 0.0243. The van der Waals surface area contributed by atoms with Crippen molar-refractivity contribution in [2.45, 2.75) is 46.1 Å². The maximum absolute atomic E-state index is 12.4. The van der Waals surface area contributed by atoms with Crippen molar-refractivity contribution >= 4 is 23.4 Å². The van der Waals surface area contributed by atoms with Gasteiger partial charge in [-0.15, -0.1) is 0 Å². The van der Waals surface area contributed by atoms with Crippen LogP contribution < -0.4 is 20.9 Å². The van der Waals surface area contributed by atoms with Crippen LogP contribution in [-0.4, -0.2) is 23.8 Å². The number of nitrogens with one attached hydrogen (secondary N) is 3. The van der Waals surface area contributed by atoms with Crippen LogP contribution in [0, 0.1) is 6.92 Å². The van der Waals surface area contributed by atoms with Crippen molar-refractivity contribution in [2.75, 3.05) is 5.32 Å². The molecular weight excluding hydrogens is 442 g/mol. The SMILES string of the molecule is Cc1ccccc1C(=O)Nc1ccc(C(=O)NNC(=O)C(C)Oc2ccc(C(C)(C)C)cc2)cc1. The van der Waals surface area contributed by atoms with E-state index in [0.29, 0.717) is 22.6 Å². The highest BCUT2D eigenvalue weighted by Crippen LogP contribution is 2.24. The molecule has 0 bridgehead atoms. The van der Waals surface area contributed by atoms with Crippen molar-refractivity contribution < 1.29 is 19.1 Å². The van der Waals surface area contributed by atoms with Crippen molar-refractivity contribution in [1.29, 1.82) is 0 Å². The van der Waals surface area contributed by atoms with Crippen LogP contribution in [-0.2, 0) is 10.2 Å². The molecule has 3 amide bonds. The Morgan fingerprint density at radius 3 is 2.03 bits per heavy atom. The lowest BCUT2D eigenvalue weighted by atomic mass is 9.87. The minimum atomic E-state index is -0.810. The van der Waals surface area contributed by atoms with Gasteiger partial charge in [0.25, 0.3) is 17.7 Å². The zero-order valence-corrected chi connectivity index (χ0v) is 20.6. The van der Waals surface area contributed by atoms with Crippen molar-refractivity contribution in [3.8, 4) is 5.75 Å². The number of hydrazine groups is 1. The summed E-state index contributed by atoms with van der Waals surface area (Å²) in [5.74, 6) is -0.637. The van der Waals surface area contributed by atoms with E-state index in [2.05, 4.69) is 36.9 Å². The third-order valence-electron chi connectivity index (χ3n) is 5.50. The van der Waals surface area contributed by atoms with Gasteiger partial charge in [-0.25, -0.2) is 0 Å². The number of hydrogen-bond donors (Lipinski definition) is 3. The number of carbonyl (C=O) groups excluding carboxylic acids is 3. The van der Waals surface area contributed by atoms with Crippen molar-refractivity contribution in [3.63, 3.8) is 0 Å². The van der Waals surface area contributed by atoms with Crippen LogP contribution in [0.3, 0.4) is 0 Å². The van der Waals surface area contributed by atoms with Gasteiger partial charge in [-0.2, -0.15) is 0 Å². The molecule has 3 aromatic rings. The second kappa shape index (κ2) is 10.9. The predicted octanol–water partition coefficient (Wildman–Crippen LogP) is 4.77. The molecule has 0 aliphatic carbocycles. The monoisotopic (exact) mass is 473 g/mol. The first-order valence-electron chi connectivity index (χ1n) is 11.4. The Hall–Kier alpha value is -4.13. The van der Waals surface area contributed by atoms with E-state index in [4.69, 9.17) is 4.74 Å². The number of hydrogen-bond acceptors (Lipinski definition) is 4. The van der Waals surface area contributed by atoms with Gasteiger partial charge in [-0.1, -0.05) is 51.1 Å². The number of amides is 3. The van der Waals surface area contributed by atoms with Gasteiger partial charge < -0.3 is 10.1 Å². The van der Waals surface area contributed by atoms with Gasteiger partial charge in [-0.05, 0) is 72.9 Å². The summed E-state index contributed by atoms with van der Waals surface area (Å²) in [6.45, 7) is 9.83. The summed E-state index contributed by atoms with van der Waals surface area (Å²) in [4.78, 5) is 37.2. The van der Waals surface area contributed by atoms with Crippen molar-refractivity contribution in [2.24, 2.45) is 0 Å². The lowest BCUT2D eigenvalue weighted by Crippen LogP contribution is -2.47. The Kier molecular flexibility index (Phi) is 7.91. The van der Waals surface area contributed by atoms with Crippen LogP contribution in [0.5, 0.6) is 5.75 Å². The smallest absolute Gasteiger partial charge is 0.279 e. The van der Waals surface area contributed by atoms with E-state index < -0.39 is 17.9 Å². The van der Waals surface area contributed by atoms with Gasteiger partial charge in [0.1, 0.15) is 5.75 Å². The zero-order valence-electron chi connectivity index (χ0n) is 20.6. The molecule has 0 aliphatic rings. The van der Waals surface area contributed by atoms with E-state index in [1.54, 1.807) is 43.3 Å². The summed E-state index contributed by atoms with van der Waals surface area (Å²) in [7, 11) is 0. The number of anilines is 1. The van der Waals surface area contributed by atoms with Crippen LogP contribution in [0.15, 0.2) is 72.8 Å². The molecule has 7 heteroatoms. The maximum atomic E-state index is 12.4. The third kappa shape index (κ3) is 6.93. The van der Waals surface area contributed by atoms with Crippen LogP contribution in [0.1, 0.15) is 59.5 Å². The fourth-order valence-electron chi connectivity index (χ4n) is 3.31. The molecule has 3 aromatic carbocycles. The van der Waals surface area contributed by atoms with Crippen LogP contribution >= 0.6 is 0 Å². The number of aryl methyl sites for hydroxylation is 1. The Morgan fingerprint density at radius 1 is 0.800 bits per heavy atom. The normalized spacial score (nSPS) is 11.8. The van der Waals surface area contributed by atoms with Crippen LogP contribution in [0.4, 0.5) is 5.69 Å². The Balaban J connectivity index is 1.50. The van der Waals surface area contributed by atoms with Gasteiger partial charge in [0.05, 0.1) is 0 Å². The van der Waals surface area contributed by atoms with Gasteiger partial charge >= 0.3 is 0 Å². The molecule has 0 aromatic heterocycles. The summed E-state index contributed by atoms with van der Waals surface area (Å²) < 4.78 is 5.68. The van der Waals surface area contributed by atoms with E-state index in [9.17, 15) is 14.4 Å². The van der Waals surface area contributed by atoms with Crippen LogP contribution in [0.25, 0.3) is 0 Å². The number of rotatable bonds is 6. The number of carbonyl (C=O) groups is 3. The van der Waals surface area contributed by atoms with Crippen LogP contribution in [0.2, 0.25) is 0 Å². The molecule has 0 radical (unpaired) electrons. The van der Waals surface area contributed by atoms with E-state index in [0.717, 1.165) is 11.1 Å². The van der Waals surface area contributed by atoms with Gasteiger partial charge in [0.15, 0.2) is 6.10 Å². The van der Waals surface area contributed by atoms with Crippen molar-refractivity contribution in [1.82, 2.24) is 10.9 Å². The molecule has 1 atom stereocenters. The molecule has 3 rings (SSSR count). The standard InChI is InChI=1S/C28H31N3O4/c1-18-8-6-7-9-24(18)27(34)29-22-14-10-20(11-15-22)26(33)31-30-25(32)19(2)35-23-16-12-21(13-17-23)28(3,4)5/h6-17,19H,1-5H3,(H,29,34)(H,30,32)(H,31,33). The molecule has 35 heavy (non-hydrogen) atoms.